The average Bonchev–Trinajstić information content (AvgIpc) is 3.04. The zero-order valence-corrected chi connectivity index (χ0v) is 19.9. The summed E-state index contributed by atoms with van der Waals surface area (Å²) in [5.41, 5.74) is 1.58. The lowest BCUT2D eigenvalue weighted by molar-refractivity contribution is -0.136. The maximum Gasteiger partial charge on any atom is 0.262 e. The zero-order valence-electron chi connectivity index (χ0n) is 19.9. The summed E-state index contributed by atoms with van der Waals surface area (Å²) < 4.78 is 0. The summed E-state index contributed by atoms with van der Waals surface area (Å²) in [6.07, 6.45) is 2.74. The summed E-state index contributed by atoms with van der Waals surface area (Å²) in [6, 6.07) is 5.01. The van der Waals surface area contributed by atoms with Crippen LogP contribution in [0.25, 0.3) is 0 Å². The molecule has 4 aliphatic rings. The summed E-state index contributed by atoms with van der Waals surface area (Å²) in [6.45, 7) is 9.67. The van der Waals surface area contributed by atoms with Gasteiger partial charge in [0.25, 0.3) is 11.8 Å². The van der Waals surface area contributed by atoms with Gasteiger partial charge in [-0.3, -0.25) is 34.3 Å². The van der Waals surface area contributed by atoms with Gasteiger partial charge in [-0.05, 0) is 70.3 Å². The van der Waals surface area contributed by atoms with Crippen LogP contribution in [-0.4, -0.2) is 84.3 Å². The first kappa shape index (κ1) is 23.0. The highest BCUT2D eigenvalue weighted by molar-refractivity contribution is 6.23. The lowest BCUT2D eigenvalue weighted by atomic mass is 9.96. The van der Waals surface area contributed by atoms with Gasteiger partial charge < -0.3 is 10.2 Å². The largest absolute Gasteiger partial charge is 0.364 e. The highest BCUT2D eigenvalue weighted by atomic mass is 16.2. The fourth-order valence-electron chi connectivity index (χ4n) is 6.14. The monoisotopic (exact) mass is 467 g/mol. The van der Waals surface area contributed by atoms with E-state index >= 15 is 0 Å². The molecule has 182 valence electrons. The number of carbonyl (C=O) groups excluding carboxylic acids is 4. The van der Waals surface area contributed by atoms with E-state index < -0.39 is 23.8 Å². The van der Waals surface area contributed by atoms with Crippen molar-refractivity contribution >= 4 is 29.3 Å². The van der Waals surface area contributed by atoms with Crippen LogP contribution in [0.4, 0.5) is 5.69 Å². The van der Waals surface area contributed by atoms with Crippen molar-refractivity contribution in [1.29, 1.82) is 0 Å². The Morgan fingerprint density at radius 1 is 0.912 bits per heavy atom. The van der Waals surface area contributed by atoms with Crippen molar-refractivity contribution in [2.24, 2.45) is 5.92 Å². The molecule has 4 heterocycles. The number of hydrogen-bond donors (Lipinski definition) is 2. The van der Waals surface area contributed by atoms with Crippen LogP contribution in [0.2, 0.25) is 0 Å². The van der Waals surface area contributed by atoms with Gasteiger partial charge in [-0.2, -0.15) is 0 Å². The third-order valence-electron chi connectivity index (χ3n) is 7.69. The normalized spacial score (nSPS) is 28.9. The summed E-state index contributed by atoms with van der Waals surface area (Å²) >= 11 is 0. The first-order chi connectivity index (χ1) is 16.3. The van der Waals surface area contributed by atoms with Crippen molar-refractivity contribution in [2.75, 3.05) is 37.6 Å². The number of carbonyl (C=O) groups is 4. The lowest BCUT2D eigenvalue weighted by Gasteiger charge is -2.47. The number of anilines is 1. The summed E-state index contributed by atoms with van der Waals surface area (Å²) in [7, 11) is 0. The standard InChI is InChI=1S/C25H33N5O4/c1-15-12-28(14-17-7-9-26-10-8-17)13-16(2)29(15)18-3-4-19-20(11-18)25(34)30(24(19)33)21-5-6-22(31)27-23(21)32/h3-4,11,15-17,21,26H,5-10,12-14H2,1-2H3,(H,27,31,32). The maximum absolute atomic E-state index is 13.2. The van der Waals surface area contributed by atoms with E-state index in [9.17, 15) is 19.2 Å². The number of piperidine rings is 2. The Kier molecular flexibility index (Phi) is 6.16. The number of fused-ring (bicyclic) bond motifs is 1. The van der Waals surface area contributed by atoms with E-state index in [0.717, 1.165) is 49.2 Å². The second kappa shape index (κ2) is 9.11. The smallest absolute Gasteiger partial charge is 0.262 e. The summed E-state index contributed by atoms with van der Waals surface area (Å²) in [5.74, 6) is -1.13. The van der Waals surface area contributed by atoms with Crippen LogP contribution in [0.15, 0.2) is 18.2 Å². The Morgan fingerprint density at radius 3 is 2.26 bits per heavy atom. The Morgan fingerprint density at radius 2 is 1.59 bits per heavy atom. The van der Waals surface area contributed by atoms with Gasteiger partial charge in [-0.15, -0.1) is 0 Å². The highest BCUT2D eigenvalue weighted by Gasteiger charge is 2.45. The molecule has 0 aromatic heterocycles. The molecule has 0 aliphatic carbocycles. The molecule has 34 heavy (non-hydrogen) atoms. The molecule has 9 heteroatoms. The van der Waals surface area contributed by atoms with Gasteiger partial charge in [0.2, 0.25) is 11.8 Å². The SMILES string of the molecule is CC1CN(CC2CCNCC2)CC(C)N1c1ccc2c(c1)C(=O)N(C1CCC(=O)NC1=O)C2=O. The third kappa shape index (κ3) is 4.11. The number of rotatable bonds is 4. The molecule has 0 bridgehead atoms. The first-order valence-corrected chi connectivity index (χ1v) is 12.4. The number of nitrogens with one attached hydrogen (secondary N) is 2. The predicted molar refractivity (Wildman–Crippen MR) is 127 cm³/mol. The molecule has 1 aromatic rings. The van der Waals surface area contributed by atoms with E-state index in [-0.39, 0.29) is 30.8 Å². The molecule has 0 spiro atoms. The number of nitrogens with zero attached hydrogens (tertiary/aromatic N) is 3. The molecule has 0 radical (unpaired) electrons. The fraction of sp³-hybridized carbons (Fsp3) is 0.600. The molecule has 3 unspecified atom stereocenters. The Hall–Kier alpha value is -2.78. The van der Waals surface area contributed by atoms with Gasteiger partial charge in [0, 0.05) is 43.8 Å². The molecule has 5 rings (SSSR count). The minimum atomic E-state index is -0.940. The lowest BCUT2D eigenvalue weighted by Crippen LogP contribution is -2.58. The van der Waals surface area contributed by atoms with Gasteiger partial charge in [-0.25, -0.2) is 0 Å². The molecule has 0 saturated carbocycles. The number of amides is 4. The van der Waals surface area contributed by atoms with E-state index in [1.807, 2.05) is 6.07 Å². The molecular weight excluding hydrogens is 434 g/mol. The quantitative estimate of drug-likeness (QED) is 0.637. The fourth-order valence-corrected chi connectivity index (χ4v) is 6.14. The second-order valence-corrected chi connectivity index (χ2v) is 10.2. The van der Waals surface area contributed by atoms with Crippen molar-refractivity contribution < 1.29 is 19.2 Å². The number of imide groups is 2. The number of benzene rings is 1. The molecule has 2 N–H and O–H groups in total. The number of hydrogen-bond acceptors (Lipinski definition) is 7. The molecule has 3 fully saturated rings. The predicted octanol–water partition coefficient (Wildman–Crippen LogP) is 0.986. The van der Waals surface area contributed by atoms with Gasteiger partial charge >= 0.3 is 0 Å². The maximum atomic E-state index is 13.2. The molecule has 9 nitrogen and oxygen atoms in total. The van der Waals surface area contributed by atoms with Crippen LogP contribution in [-0.2, 0) is 9.59 Å². The van der Waals surface area contributed by atoms with Crippen LogP contribution < -0.4 is 15.5 Å². The summed E-state index contributed by atoms with van der Waals surface area (Å²) in [4.78, 5) is 56.0. The Labute approximate surface area is 199 Å². The van der Waals surface area contributed by atoms with Gasteiger partial charge in [-0.1, -0.05) is 0 Å². The van der Waals surface area contributed by atoms with Gasteiger partial charge in [0.05, 0.1) is 11.1 Å². The second-order valence-electron chi connectivity index (χ2n) is 10.2. The minimum absolute atomic E-state index is 0.117. The van der Waals surface area contributed by atoms with Crippen molar-refractivity contribution in [3.63, 3.8) is 0 Å². The van der Waals surface area contributed by atoms with E-state index in [4.69, 9.17) is 0 Å². The molecule has 3 saturated heterocycles. The van der Waals surface area contributed by atoms with Crippen LogP contribution in [0.5, 0.6) is 0 Å². The van der Waals surface area contributed by atoms with Crippen LogP contribution >= 0.6 is 0 Å². The topological polar surface area (TPSA) is 102 Å². The van der Waals surface area contributed by atoms with Crippen molar-refractivity contribution in [2.45, 2.75) is 57.7 Å². The van der Waals surface area contributed by atoms with E-state index in [1.54, 1.807) is 12.1 Å². The van der Waals surface area contributed by atoms with Crippen LogP contribution in [0.1, 0.15) is 60.2 Å². The average molecular weight is 468 g/mol. The Bertz CT molecular complexity index is 1010. The third-order valence-corrected chi connectivity index (χ3v) is 7.69. The number of piperazine rings is 1. The zero-order chi connectivity index (χ0) is 24.0. The minimum Gasteiger partial charge on any atom is -0.364 e. The van der Waals surface area contributed by atoms with Gasteiger partial charge in [0.15, 0.2) is 0 Å². The first-order valence-electron chi connectivity index (χ1n) is 12.4. The van der Waals surface area contributed by atoms with E-state index in [0.29, 0.717) is 11.1 Å². The van der Waals surface area contributed by atoms with E-state index in [2.05, 4.69) is 34.3 Å². The molecule has 4 amide bonds. The van der Waals surface area contributed by atoms with Crippen molar-refractivity contribution in [3.8, 4) is 0 Å². The van der Waals surface area contributed by atoms with Gasteiger partial charge in [0.1, 0.15) is 6.04 Å². The van der Waals surface area contributed by atoms with Crippen molar-refractivity contribution in [3.05, 3.63) is 29.3 Å². The molecule has 3 atom stereocenters. The molecule has 4 aliphatic heterocycles. The van der Waals surface area contributed by atoms with Crippen LogP contribution in [0, 0.1) is 5.92 Å². The highest BCUT2D eigenvalue weighted by Crippen LogP contribution is 2.33. The van der Waals surface area contributed by atoms with Crippen LogP contribution in [0.3, 0.4) is 0 Å². The Balaban J connectivity index is 1.32. The molecule has 1 aromatic carbocycles. The molecular formula is C25H33N5O4. The van der Waals surface area contributed by atoms with E-state index in [1.165, 1.54) is 12.8 Å². The van der Waals surface area contributed by atoms with Crippen molar-refractivity contribution in [1.82, 2.24) is 20.4 Å². The summed E-state index contributed by atoms with van der Waals surface area (Å²) in [5, 5.41) is 5.68.